The van der Waals surface area contributed by atoms with Crippen LogP contribution in [0.15, 0.2) is 66.7 Å². The lowest BCUT2D eigenvalue weighted by Crippen LogP contribution is -2.55. The quantitative estimate of drug-likeness (QED) is 0.422. The van der Waals surface area contributed by atoms with Crippen LogP contribution < -0.4 is 0 Å². The number of imide groups is 1. The van der Waals surface area contributed by atoms with Gasteiger partial charge < -0.3 is 4.74 Å². The van der Waals surface area contributed by atoms with Crippen LogP contribution >= 0.6 is 0 Å². The summed E-state index contributed by atoms with van der Waals surface area (Å²) in [7, 11) is 0. The van der Waals surface area contributed by atoms with E-state index in [0.29, 0.717) is 24.9 Å². The molecule has 1 heterocycles. The monoisotopic (exact) mass is 391 g/mol. The number of rotatable bonds is 6. The number of carbonyl (C=O) groups excluding carboxylic acids is 3. The highest BCUT2D eigenvalue weighted by molar-refractivity contribution is 6.13. The van der Waals surface area contributed by atoms with E-state index in [1.54, 1.807) is 31.2 Å². The molecule has 0 radical (unpaired) electrons. The largest absolute Gasteiger partial charge is 0.465 e. The van der Waals surface area contributed by atoms with Crippen LogP contribution in [0.4, 0.5) is 0 Å². The number of piperidine rings is 1. The third kappa shape index (κ3) is 4.45. The maximum atomic E-state index is 13.4. The van der Waals surface area contributed by atoms with Crippen molar-refractivity contribution in [1.82, 2.24) is 4.90 Å². The van der Waals surface area contributed by atoms with Crippen LogP contribution in [0, 0.1) is 5.41 Å². The lowest BCUT2D eigenvalue weighted by molar-refractivity contribution is -0.166. The highest BCUT2D eigenvalue weighted by Crippen LogP contribution is 2.37. The van der Waals surface area contributed by atoms with Gasteiger partial charge in [0, 0.05) is 12.1 Å². The van der Waals surface area contributed by atoms with Gasteiger partial charge >= 0.3 is 5.97 Å². The third-order valence-corrected chi connectivity index (χ3v) is 5.15. The number of carbonyl (C=O) groups is 3. The molecule has 2 aromatic rings. The van der Waals surface area contributed by atoms with Crippen molar-refractivity contribution in [3.8, 4) is 0 Å². The van der Waals surface area contributed by atoms with Crippen molar-refractivity contribution in [1.29, 1.82) is 0 Å². The molecule has 5 nitrogen and oxygen atoms in total. The summed E-state index contributed by atoms with van der Waals surface area (Å²) in [6, 6.07) is 18.3. The van der Waals surface area contributed by atoms with Gasteiger partial charge in [-0.1, -0.05) is 60.7 Å². The summed E-state index contributed by atoms with van der Waals surface area (Å²) in [5.41, 5.74) is 0.0385. The molecule has 3 rings (SSSR count). The molecule has 1 aliphatic heterocycles. The standard InChI is InChI=1S/C24H25NO4/c1-2-29-23(28)24(16-9-13-19-11-5-3-6-12-19)17-10-18-25(22(24)27)21(26)20-14-7-4-8-15-20/h3-9,11-15H,2,10,16-18H2,1H3/b13-9+/t24-/m0/s1. The van der Waals surface area contributed by atoms with Crippen molar-refractivity contribution in [2.75, 3.05) is 13.2 Å². The number of likely N-dealkylation sites (tertiary alicyclic amines) is 1. The Morgan fingerprint density at radius 2 is 1.72 bits per heavy atom. The lowest BCUT2D eigenvalue weighted by Gasteiger charge is -2.38. The summed E-state index contributed by atoms with van der Waals surface area (Å²) in [6.07, 6.45) is 4.82. The van der Waals surface area contributed by atoms with Gasteiger partial charge in [0.25, 0.3) is 5.91 Å². The first-order valence-corrected chi connectivity index (χ1v) is 9.88. The van der Waals surface area contributed by atoms with E-state index in [9.17, 15) is 14.4 Å². The maximum Gasteiger partial charge on any atom is 0.321 e. The van der Waals surface area contributed by atoms with E-state index in [1.165, 1.54) is 4.90 Å². The first-order valence-electron chi connectivity index (χ1n) is 9.88. The molecule has 0 aromatic heterocycles. The molecule has 1 aliphatic rings. The number of ether oxygens (including phenoxy) is 1. The Kier molecular flexibility index (Phi) is 6.60. The van der Waals surface area contributed by atoms with Crippen molar-refractivity contribution in [3.05, 3.63) is 77.9 Å². The average molecular weight is 391 g/mol. The molecule has 1 atom stereocenters. The Bertz CT molecular complexity index is 892. The van der Waals surface area contributed by atoms with E-state index in [1.807, 2.05) is 48.6 Å². The molecule has 0 saturated carbocycles. The van der Waals surface area contributed by atoms with E-state index in [-0.39, 0.29) is 18.9 Å². The summed E-state index contributed by atoms with van der Waals surface area (Å²) < 4.78 is 5.26. The second-order valence-corrected chi connectivity index (χ2v) is 7.05. The number of hydrogen-bond acceptors (Lipinski definition) is 4. The van der Waals surface area contributed by atoms with Crippen molar-refractivity contribution >= 4 is 23.9 Å². The first kappa shape index (κ1) is 20.5. The van der Waals surface area contributed by atoms with E-state index in [4.69, 9.17) is 4.74 Å². The van der Waals surface area contributed by atoms with Gasteiger partial charge in [-0.3, -0.25) is 19.3 Å². The predicted octanol–water partition coefficient (Wildman–Crippen LogP) is 4.10. The van der Waals surface area contributed by atoms with Crippen LogP contribution in [0.25, 0.3) is 6.08 Å². The van der Waals surface area contributed by atoms with E-state index in [0.717, 1.165) is 5.56 Å². The van der Waals surface area contributed by atoms with E-state index < -0.39 is 17.3 Å². The Morgan fingerprint density at radius 3 is 2.38 bits per heavy atom. The number of amides is 2. The molecule has 0 spiro atoms. The van der Waals surface area contributed by atoms with Crippen LogP contribution in [-0.2, 0) is 14.3 Å². The van der Waals surface area contributed by atoms with Gasteiger partial charge in [-0.25, -0.2) is 0 Å². The van der Waals surface area contributed by atoms with Crippen LogP contribution in [0.1, 0.15) is 42.1 Å². The second-order valence-electron chi connectivity index (χ2n) is 7.05. The fourth-order valence-electron chi connectivity index (χ4n) is 3.63. The maximum absolute atomic E-state index is 13.4. The molecule has 1 saturated heterocycles. The van der Waals surface area contributed by atoms with Crippen molar-refractivity contribution in [2.45, 2.75) is 26.2 Å². The molecular weight excluding hydrogens is 366 g/mol. The topological polar surface area (TPSA) is 63.7 Å². The smallest absolute Gasteiger partial charge is 0.321 e. The number of benzene rings is 2. The minimum Gasteiger partial charge on any atom is -0.465 e. The predicted molar refractivity (Wildman–Crippen MR) is 111 cm³/mol. The summed E-state index contributed by atoms with van der Waals surface area (Å²) >= 11 is 0. The minimum absolute atomic E-state index is 0.183. The molecule has 0 aliphatic carbocycles. The average Bonchev–Trinajstić information content (AvgIpc) is 2.76. The summed E-state index contributed by atoms with van der Waals surface area (Å²) in [4.78, 5) is 40.4. The molecule has 29 heavy (non-hydrogen) atoms. The highest BCUT2D eigenvalue weighted by Gasteiger charge is 2.52. The fourth-order valence-corrected chi connectivity index (χ4v) is 3.63. The molecule has 2 amide bonds. The van der Waals surface area contributed by atoms with Crippen molar-refractivity contribution in [3.63, 3.8) is 0 Å². The molecule has 5 heteroatoms. The third-order valence-electron chi connectivity index (χ3n) is 5.15. The Hall–Kier alpha value is -3.21. The molecular formula is C24H25NO4. The SMILES string of the molecule is CCOC(=O)[C@@]1(C/C=C/c2ccccc2)CCCN(C(=O)c2ccccc2)C1=O. The van der Waals surface area contributed by atoms with Gasteiger partial charge in [-0.2, -0.15) is 0 Å². The minimum atomic E-state index is -1.37. The van der Waals surface area contributed by atoms with Gasteiger partial charge in [0.15, 0.2) is 5.41 Å². The van der Waals surface area contributed by atoms with Crippen LogP contribution in [0.3, 0.4) is 0 Å². The van der Waals surface area contributed by atoms with Gasteiger partial charge in [-0.05, 0) is 43.9 Å². The molecule has 1 fully saturated rings. The van der Waals surface area contributed by atoms with E-state index >= 15 is 0 Å². The van der Waals surface area contributed by atoms with Gasteiger partial charge in [0.1, 0.15) is 0 Å². The molecule has 0 bridgehead atoms. The number of hydrogen-bond donors (Lipinski definition) is 0. The number of nitrogens with zero attached hydrogens (tertiary/aromatic N) is 1. The first-order chi connectivity index (χ1) is 14.1. The Balaban J connectivity index is 1.88. The molecule has 150 valence electrons. The summed E-state index contributed by atoms with van der Waals surface area (Å²) in [6.45, 7) is 2.20. The van der Waals surface area contributed by atoms with Crippen molar-refractivity contribution in [2.24, 2.45) is 5.41 Å². The normalized spacial score (nSPS) is 19.3. The zero-order valence-corrected chi connectivity index (χ0v) is 16.5. The van der Waals surface area contributed by atoms with Crippen LogP contribution in [0.5, 0.6) is 0 Å². The summed E-state index contributed by atoms with van der Waals surface area (Å²) in [5, 5.41) is 0. The van der Waals surface area contributed by atoms with Gasteiger partial charge in [-0.15, -0.1) is 0 Å². The highest BCUT2D eigenvalue weighted by atomic mass is 16.5. The number of allylic oxidation sites excluding steroid dienone is 1. The van der Waals surface area contributed by atoms with E-state index in [2.05, 4.69) is 0 Å². The molecule has 0 N–H and O–H groups in total. The second kappa shape index (κ2) is 9.32. The summed E-state index contributed by atoms with van der Waals surface area (Å²) in [5.74, 6) is -1.42. The van der Waals surface area contributed by atoms with Gasteiger partial charge in [0.05, 0.1) is 6.61 Å². The number of esters is 1. The Morgan fingerprint density at radius 1 is 1.07 bits per heavy atom. The zero-order valence-electron chi connectivity index (χ0n) is 16.5. The lowest BCUT2D eigenvalue weighted by atomic mass is 9.75. The Labute approximate surface area is 171 Å². The molecule has 2 aromatic carbocycles. The van der Waals surface area contributed by atoms with Crippen molar-refractivity contribution < 1.29 is 19.1 Å². The fraction of sp³-hybridized carbons (Fsp3) is 0.292. The zero-order chi connectivity index (χ0) is 20.7. The molecule has 0 unspecified atom stereocenters. The van der Waals surface area contributed by atoms with Crippen LogP contribution in [0.2, 0.25) is 0 Å². The van der Waals surface area contributed by atoms with Crippen LogP contribution in [-0.4, -0.2) is 35.8 Å². The van der Waals surface area contributed by atoms with Gasteiger partial charge in [0.2, 0.25) is 5.91 Å².